The smallest absolute Gasteiger partial charge is 0.872 e. The van der Waals surface area contributed by atoms with E-state index < -0.39 is 11.4 Å². The van der Waals surface area contributed by atoms with Gasteiger partial charge in [0, 0.05) is 21.6 Å². The SMILES string of the molecule is CCOC(=O)c1c[nH]c2cc([O-])c(Br)cc2c1=O.[Rb+]. The number of rotatable bonds is 2. The van der Waals surface area contributed by atoms with E-state index in [4.69, 9.17) is 4.74 Å². The van der Waals surface area contributed by atoms with Gasteiger partial charge in [-0.15, -0.1) is 0 Å². The summed E-state index contributed by atoms with van der Waals surface area (Å²) in [6.07, 6.45) is 1.26. The van der Waals surface area contributed by atoms with Crippen LogP contribution in [0, 0.1) is 0 Å². The second-order valence-electron chi connectivity index (χ2n) is 3.58. The number of pyridine rings is 1. The Balaban J connectivity index is 0.00000180. The number of nitrogens with one attached hydrogen (secondary N) is 1. The van der Waals surface area contributed by atoms with Crippen LogP contribution in [0.4, 0.5) is 0 Å². The van der Waals surface area contributed by atoms with Crippen LogP contribution in [0.15, 0.2) is 27.6 Å². The van der Waals surface area contributed by atoms with Gasteiger partial charge < -0.3 is 14.8 Å². The first-order valence-corrected chi connectivity index (χ1v) is 6.03. The van der Waals surface area contributed by atoms with E-state index in [-0.39, 0.29) is 86.0 Å². The maximum Gasteiger partial charge on any atom is 1.00 e. The van der Waals surface area contributed by atoms with Crippen molar-refractivity contribution in [3.05, 3.63) is 38.6 Å². The van der Waals surface area contributed by atoms with Crippen molar-refractivity contribution in [1.82, 2.24) is 4.98 Å². The number of aromatic amines is 1. The molecule has 0 amide bonds. The van der Waals surface area contributed by atoms with Gasteiger partial charge in [-0.3, -0.25) is 4.79 Å². The molecule has 7 heteroatoms. The molecule has 0 aliphatic rings. The van der Waals surface area contributed by atoms with Crippen molar-refractivity contribution >= 4 is 32.8 Å². The Hall–Kier alpha value is -0.0148. The summed E-state index contributed by atoms with van der Waals surface area (Å²) in [7, 11) is 0. The number of fused-ring (bicyclic) bond motifs is 1. The molecule has 0 aliphatic carbocycles. The quantitative estimate of drug-likeness (QED) is 0.630. The standard InChI is InChI=1S/C12H10BrNO4.Rb/c1-2-18-12(17)7-5-14-9-4-10(15)8(13)3-6(9)11(7)16;/h3-5,15H,2H2,1H3,(H,14,16);/q;+1/p-1. The predicted molar refractivity (Wildman–Crippen MR) is 67.7 cm³/mol. The molecule has 1 aromatic carbocycles. The summed E-state index contributed by atoms with van der Waals surface area (Å²) in [6, 6.07) is 2.70. The molecule has 2 aromatic rings. The van der Waals surface area contributed by atoms with Crippen LogP contribution in [0.25, 0.3) is 10.9 Å². The molecule has 1 N–H and O–H groups in total. The number of hydrogen-bond donors (Lipinski definition) is 1. The Bertz CT molecular complexity index is 683. The van der Waals surface area contributed by atoms with Crippen LogP contribution in [0.2, 0.25) is 0 Å². The summed E-state index contributed by atoms with van der Waals surface area (Å²) in [5, 5.41) is 11.7. The third-order valence-corrected chi connectivity index (χ3v) is 3.05. The summed E-state index contributed by atoms with van der Waals surface area (Å²) in [6.45, 7) is 1.85. The van der Waals surface area contributed by atoms with E-state index in [1.54, 1.807) is 6.92 Å². The number of carbonyl (C=O) groups excluding carboxylic acids is 1. The number of esters is 1. The first-order valence-electron chi connectivity index (χ1n) is 5.23. The number of ether oxygens (including phenoxy) is 1. The monoisotopic (exact) mass is 395 g/mol. The molecule has 94 valence electrons. The zero-order chi connectivity index (χ0) is 13.3. The zero-order valence-corrected chi connectivity index (χ0v) is 17.0. The summed E-state index contributed by atoms with van der Waals surface area (Å²) in [5.41, 5.74) is -0.140. The number of hydrogen-bond acceptors (Lipinski definition) is 4. The van der Waals surface area contributed by atoms with Gasteiger partial charge in [-0.05, 0) is 19.1 Å². The van der Waals surface area contributed by atoms with Crippen LogP contribution < -0.4 is 68.7 Å². The van der Waals surface area contributed by atoms with E-state index in [9.17, 15) is 14.7 Å². The molecule has 2 rings (SSSR count). The third-order valence-electron chi connectivity index (χ3n) is 2.43. The van der Waals surface area contributed by atoms with Gasteiger partial charge >= 0.3 is 64.2 Å². The van der Waals surface area contributed by atoms with Crippen molar-refractivity contribution in [3.63, 3.8) is 0 Å². The fourth-order valence-electron chi connectivity index (χ4n) is 1.58. The minimum atomic E-state index is -0.678. The molecule has 0 unspecified atom stereocenters. The molecule has 0 spiro atoms. The molecule has 0 radical (unpaired) electrons. The van der Waals surface area contributed by atoms with E-state index in [1.807, 2.05) is 0 Å². The minimum absolute atomic E-state index is 0. The normalized spacial score (nSPS) is 10.0. The van der Waals surface area contributed by atoms with Crippen molar-refractivity contribution in [1.29, 1.82) is 0 Å². The van der Waals surface area contributed by atoms with Gasteiger partial charge in [-0.25, -0.2) is 4.79 Å². The second-order valence-corrected chi connectivity index (χ2v) is 4.43. The molecule has 0 saturated heterocycles. The maximum atomic E-state index is 12.1. The molecule has 1 heterocycles. The number of carbonyl (C=O) groups is 1. The second kappa shape index (κ2) is 7.13. The van der Waals surface area contributed by atoms with E-state index in [2.05, 4.69) is 20.9 Å². The van der Waals surface area contributed by atoms with Crippen LogP contribution in [-0.4, -0.2) is 17.6 Å². The fraction of sp³-hybridized carbons (Fsp3) is 0.167. The molecule has 0 bridgehead atoms. The topological polar surface area (TPSA) is 82.2 Å². The van der Waals surface area contributed by atoms with Gasteiger partial charge in [0.25, 0.3) is 0 Å². The minimum Gasteiger partial charge on any atom is -0.872 e. The third kappa shape index (κ3) is 3.55. The van der Waals surface area contributed by atoms with Crippen molar-refractivity contribution in [3.8, 4) is 5.75 Å². The average molecular weight is 397 g/mol. The summed E-state index contributed by atoms with van der Waals surface area (Å²) >= 11 is 3.06. The van der Waals surface area contributed by atoms with Crippen molar-refractivity contribution in [2.24, 2.45) is 0 Å². The molecule has 0 saturated carbocycles. The number of benzene rings is 1. The Morgan fingerprint density at radius 3 is 2.79 bits per heavy atom. The van der Waals surface area contributed by atoms with Crippen molar-refractivity contribution in [2.75, 3.05) is 6.61 Å². The molecule has 0 aliphatic heterocycles. The first kappa shape index (κ1) is 17.0. The first-order chi connectivity index (χ1) is 8.54. The van der Waals surface area contributed by atoms with Gasteiger partial charge in [-0.1, -0.05) is 21.7 Å². The van der Waals surface area contributed by atoms with Gasteiger partial charge in [0.15, 0.2) is 0 Å². The molecule has 5 nitrogen and oxygen atoms in total. The van der Waals surface area contributed by atoms with Crippen LogP contribution in [0.5, 0.6) is 5.75 Å². The van der Waals surface area contributed by atoms with E-state index >= 15 is 0 Å². The Morgan fingerprint density at radius 1 is 1.47 bits per heavy atom. The molecule has 19 heavy (non-hydrogen) atoms. The fourth-order valence-corrected chi connectivity index (χ4v) is 1.93. The average Bonchev–Trinajstić information content (AvgIpc) is 2.32. The summed E-state index contributed by atoms with van der Waals surface area (Å²) in [4.78, 5) is 26.4. The predicted octanol–water partition coefficient (Wildman–Crippen LogP) is -1.46. The van der Waals surface area contributed by atoms with Gasteiger partial charge in [0.2, 0.25) is 5.43 Å². The molecule has 0 atom stereocenters. The molecular weight excluding hydrogens is 388 g/mol. The zero-order valence-electron chi connectivity index (χ0n) is 10.5. The van der Waals surface area contributed by atoms with E-state index in [0.29, 0.717) is 5.52 Å². The Labute approximate surface area is 166 Å². The van der Waals surface area contributed by atoms with Crippen LogP contribution in [0.1, 0.15) is 17.3 Å². The van der Waals surface area contributed by atoms with Crippen molar-refractivity contribution in [2.45, 2.75) is 6.92 Å². The maximum absolute atomic E-state index is 12.1. The largest absolute Gasteiger partial charge is 1.00 e. The van der Waals surface area contributed by atoms with Gasteiger partial charge in [0.1, 0.15) is 5.56 Å². The van der Waals surface area contributed by atoms with Gasteiger partial charge in [-0.2, -0.15) is 0 Å². The summed E-state index contributed by atoms with van der Waals surface area (Å²) < 4.78 is 5.06. The molecule has 0 fully saturated rings. The van der Waals surface area contributed by atoms with Crippen LogP contribution >= 0.6 is 15.9 Å². The van der Waals surface area contributed by atoms with Crippen LogP contribution in [0.3, 0.4) is 0 Å². The Kier molecular flexibility index (Phi) is 6.39. The number of H-pyrrole nitrogens is 1. The van der Waals surface area contributed by atoms with Crippen molar-refractivity contribution < 1.29 is 72.8 Å². The van der Waals surface area contributed by atoms with Crippen LogP contribution in [-0.2, 0) is 4.74 Å². The Morgan fingerprint density at radius 2 is 2.16 bits per heavy atom. The number of halogens is 1. The summed E-state index contributed by atoms with van der Waals surface area (Å²) in [5.74, 6) is -0.912. The van der Waals surface area contributed by atoms with E-state index in [0.717, 1.165) is 0 Å². The molecule has 1 aromatic heterocycles. The van der Waals surface area contributed by atoms with E-state index in [1.165, 1.54) is 18.3 Å². The van der Waals surface area contributed by atoms with Gasteiger partial charge in [0.05, 0.1) is 6.61 Å². The molecular formula is C12H9BrNO4Rb. The number of aromatic nitrogens is 1.